The average Bonchev–Trinajstić information content (AvgIpc) is 2.01. The Morgan fingerprint density at radius 1 is 1.36 bits per heavy atom. The molecule has 0 aliphatic carbocycles. The van der Waals surface area contributed by atoms with Crippen molar-refractivity contribution in [3.05, 3.63) is 22.7 Å². The van der Waals surface area contributed by atoms with Crippen LogP contribution in [0.1, 0.15) is 0 Å². The quantitative estimate of drug-likeness (QED) is 0.807. The van der Waals surface area contributed by atoms with Crippen LogP contribution in [0, 0.1) is 0 Å². The van der Waals surface area contributed by atoms with Gasteiger partial charge in [-0.1, -0.05) is 0 Å². The van der Waals surface area contributed by atoms with Crippen LogP contribution in [0.3, 0.4) is 0 Å². The second kappa shape index (κ2) is 3.90. The number of halogens is 4. The van der Waals surface area contributed by atoms with E-state index in [1.807, 2.05) is 0 Å². The van der Waals surface area contributed by atoms with Crippen molar-refractivity contribution in [3.63, 3.8) is 0 Å². The second-order valence-corrected chi connectivity index (χ2v) is 4.70. The summed E-state index contributed by atoms with van der Waals surface area (Å²) in [5.74, 6) is 0. The first-order valence-electron chi connectivity index (χ1n) is 3.36. The van der Waals surface area contributed by atoms with Crippen LogP contribution < -0.4 is 5.73 Å². The summed E-state index contributed by atoms with van der Waals surface area (Å²) in [4.78, 5) is -0.327. The Balaban J connectivity index is 3.15. The molecule has 0 radical (unpaired) electrons. The average molecular weight is 288 g/mol. The van der Waals surface area contributed by atoms with Crippen LogP contribution in [0.15, 0.2) is 27.6 Å². The van der Waals surface area contributed by atoms with E-state index >= 15 is 0 Å². The lowest BCUT2D eigenvalue weighted by molar-refractivity contribution is -0.0384. The van der Waals surface area contributed by atoms with E-state index in [4.69, 9.17) is 5.73 Å². The second-order valence-electron chi connectivity index (χ2n) is 2.40. The minimum absolute atomic E-state index is 0.0909. The molecule has 0 amide bonds. The Labute approximate surface area is 88.9 Å². The molecule has 1 atom stereocenters. The summed E-state index contributed by atoms with van der Waals surface area (Å²) < 4.78 is 47.2. The van der Waals surface area contributed by atoms with Gasteiger partial charge < -0.3 is 5.73 Å². The summed E-state index contributed by atoms with van der Waals surface area (Å²) >= 11 is 2.87. The van der Waals surface area contributed by atoms with Crippen LogP contribution >= 0.6 is 15.9 Å². The fourth-order valence-corrected chi connectivity index (χ4v) is 2.31. The van der Waals surface area contributed by atoms with E-state index in [9.17, 15) is 17.4 Å². The van der Waals surface area contributed by atoms with Gasteiger partial charge in [-0.25, -0.2) is 4.21 Å². The van der Waals surface area contributed by atoms with E-state index in [-0.39, 0.29) is 9.37 Å². The summed E-state index contributed by atoms with van der Waals surface area (Å²) in [6, 6.07) is 3.63. The molecule has 1 rings (SSSR count). The molecule has 0 bridgehead atoms. The summed E-state index contributed by atoms with van der Waals surface area (Å²) in [6.07, 6.45) is 0. The smallest absolute Gasteiger partial charge is 0.399 e. The molecule has 0 saturated heterocycles. The van der Waals surface area contributed by atoms with Crippen molar-refractivity contribution in [2.24, 2.45) is 0 Å². The molecule has 0 saturated carbocycles. The molecule has 0 heterocycles. The van der Waals surface area contributed by atoms with E-state index in [2.05, 4.69) is 15.9 Å². The van der Waals surface area contributed by atoms with Crippen molar-refractivity contribution < 1.29 is 17.4 Å². The van der Waals surface area contributed by atoms with Gasteiger partial charge in [-0.2, -0.15) is 13.2 Å². The number of anilines is 1. The maximum Gasteiger partial charge on any atom is 0.475 e. The van der Waals surface area contributed by atoms with E-state index < -0.39 is 16.3 Å². The van der Waals surface area contributed by atoms with Gasteiger partial charge in [-0.05, 0) is 34.1 Å². The van der Waals surface area contributed by atoms with Crippen LogP contribution in [0.2, 0.25) is 0 Å². The third-order valence-corrected chi connectivity index (χ3v) is 3.46. The molecular formula is C7H5BrF3NOS. The third-order valence-electron chi connectivity index (χ3n) is 1.37. The minimum Gasteiger partial charge on any atom is -0.399 e. The molecule has 2 nitrogen and oxygen atoms in total. The monoisotopic (exact) mass is 287 g/mol. The lowest BCUT2D eigenvalue weighted by atomic mass is 10.3. The molecular weight excluding hydrogens is 283 g/mol. The number of benzene rings is 1. The summed E-state index contributed by atoms with van der Waals surface area (Å²) in [6.45, 7) is 0. The Hall–Kier alpha value is -0.560. The van der Waals surface area contributed by atoms with E-state index in [0.29, 0.717) is 5.69 Å². The van der Waals surface area contributed by atoms with Crippen molar-refractivity contribution >= 4 is 32.4 Å². The molecule has 0 aliphatic rings. The van der Waals surface area contributed by atoms with E-state index in [1.165, 1.54) is 12.1 Å². The lowest BCUT2D eigenvalue weighted by Gasteiger charge is -2.08. The Bertz CT molecular complexity index is 380. The largest absolute Gasteiger partial charge is 0.475 e. The number of rotatable bonds is 1. The first-order chi connectivity index (χ1) is 6.32. The highest BCUT2D eigenvalue weighted by molar-refractivity contribution is 9.10. The minimum atomic E-state index is -4.75. The number of hydrogen-bond donors (Lipinski definition) is 1. The molecule has 2 N–H and O–H groups in total. The van der Waals surface area contributed by atoms with Crippen LogP contribution in [0.5, 0.6) is 0 Å². The van der Waals surface area contributed by atoms with Crippen molar-refractivity contribution in [2.75, 3.05) is 5.73 Å². The van der Waals surface area contributed by atoms with Gasteiger partial charge in [0.05, 0.1) is 4.90 Å². The first-order valence-corrected chi connectivity index (χ1v) is 5.30. The summed E-state index contributed by atoms with van der Waals surface area (Å²) in [5.41, 5.74) is 0.881. The maximum absolute atomic E-state index is 12.1. The van der Waals surface area contributed by atoms with Gasteiger partial charge in [0, 0.05) is 10.2 Å². The zero-order valence-electron chi connectivity index (χ0n) is 6.64. The topological polar surface area (TPSA) is 43.1 Å². The number of hydrogen-bond acceptors (Lipinski definition) is 2. The summed E-state index contributed by atoms with van der Waals surface area (Å²) in [7, 11) is -3.02. The van der Waals surface area contributed by atoms with Gasteiger partial charge in [0.1, 0.15) is 0 Å². The highest BCUT2D eigenvalue weighted by atomic mass is 79.9. The van der Waals surface area contributed by atoms with Crippen LogP contribution in [-0.4, -0.2) is 9.72 Å². The molecule has 78 valence electrons. The molecule has 1 unspecified atom stereocenters. The zero-order valence-corrected chi connectivity index (χ0v) is 9.04. The fraction of sp³-hybridized carbons (Fsp3) is 0.143. The third kappa shape index (κ3) is 2.48. The van der Waals surface area contributed by atoms with E-state index in [0.717, 1.165) is 6.07 Å². The molecule has 0 spiro atoms. The van der Waals surface area contributed by atoms with Gasteiger partial charge >= 0.3 is 5.51 Å². The molecule has 0 fully saturated rings. The van der Waals surface area contributed by atoms with Gasteiger partial charge in [0.15, 0.2) is 10.8 Å². The number of nitrogens with two attached hydrogens (primary N) is 1. The van der Waals surface area contributed by atoms with E-state index in [1.54, 1.807) is 0 Å². The van der Waals surface area contributed by atoms with Crippen LogP contribution in [0.25, 0.3) is 0 Å². The van der Waals surface area contributed by atoms with Gasteiger partial charge in [0.25, 0.3) is 0 Å². The standard InChI is InChI=1S/C7H5BrF3NOS/c8-5-3-4(12)1-2-6(5)14(13)7(9,10)11/h1-3H,12H2. The predicted molar refractivity (Wildman–Crippen MR) is 51.0 cm³/mol. The van der Waals surface area contributed by atoms with Crippen molar-refractivity contribution in [1.29, 1.82) is 0 Å². The van der Waals surface area contributed by atoms with Crippen molar-refractivity contribution in [1.82, 2.24) is 0 Å². The van der Waals surface area contributed by atoms with Crippen LogP contribution in [0.4, 0.5) is 18.9 Å². The maximum atomic E-state index is 12.1. The Morgan fingerprint density at radius 3 is 2.36 bits per heavy atom. The number of nitrogen functional groups attached to an aromatic ring is 1. The molecule has 0 aromatic heterocycles. The first kappa shape index (κ1) is 11.5. The normalized spacial score (nSPS) is 14.0. The van der Waals surface area contributed by atoms with Gasteiger partial charge in [-0.15, -0.1) is 0 Å². The molecule has 1 aromatic rings. The molecule has 1 aromatic carbocycles. The molecule has 0 aliphatic heterocycles. The highest BCUT2D eigenvalue weighted by Gasteiger charge is 2.38. The zero-order chi connectivity index (χ0) is 10.9. The molecule has 7 heteroatoms. The SMILES string of the molecule is Nc1ccc(S(=O)C(F)(F)F)c(Br)c1. The Morgan fingerprint density at radius 2 is 1.93 bits per heavy atom. The lowest BCUT2D eigenvalue weighted by Crippen LogP contribution is -2.16. The predicted octanol–water partition coefficient (Wildman–Crippen LogP) is 2.66. The van der Waals surface area contributed by atoms with Crippen molar-refractivity contribution in [3.8, 4) is 0 Å². The van der Waals surface area contributed by atoms with Gasteiger partial charge in [0.2, 0.25) is 0 Å². The highest BCUT2D eigenvalue weighted by Crippen LogP contribution is 2.31. The van der Waals surface area contributed by atoms with Crippen molar-refractivity contribution in [2.45, 2.75) is 10.4 Å². The van der Waals surface area contributed by atoms with Gasteiger partial charge in [-0.3, -0.25) is 0 Å². The molecule has 14 heavy (non-hydrogen) atoms. The number of alkyl halides is 3. The Kier molecular flexibility index (Phi) is 3.20. The fourth-order valence-electron chi connectivity index (χ4n) is 0.792. The van der Waals surface area contributed by atoms with Crippen LogP contribution in [-0.2, 0) is 10.8 Å². The summed E-state index contributed by atoms with van der Waals surface area (Å²) in [5, 5.41) is 0.